The lowest BCUT2D eigenvalue weighted by Crippen LogP contribution is -2.31. The molecule has 0 aliphatic carbocycles. The molecule has 0 saturated carbocycles. The smallest absolute Gasteiger partial charge is 0.154 e. The number of hydrogen-bond acceptors (Lipinski definition) is 4. The van der Waals surface area contributed by atoms with Crippen molar-refractivity contribution < 1.29 is 12.8 Å². The molecule has 17 heavy (non-hydrogen) atoms. The summed E-state index contributed by atoms with van der Waals surface area (Å²) in [6.45, 7) is 6.75. The third-order valence-electron chi connectivity index (χ3n) is 2.98. The Morgan fingerprint density at radius 2 is 2.06 bits per heavy atom. The largest absolute Gasteiger partial charge is 0.472 e. The van der Waals surface area contributed by atoms with Crippen molar-refractivity contribution in [3.63, 3.8) is 0 Å². The van der Waals surface area contributed by atoms with Gasteiger partial charge in [-0.25, -0.2) is 8.42 Å². The fraction of sp³-hybridized carbons (Fsp3) is 0.667. The molecule has 0 bridgehead atoms. The number of furan rings is 1. The standard InChI is InChI=1S/C12H21NO3S/c1-10(2)11(3)17(14,15)7-5-13-8-12-4-6-16-9-12/h4,6,9-11,13H,5,7-8H2,1-3H3. The molecule has 4 nitrogen and oxygen atoms in total. The molecule has 0 aliphatic heterocycles. The molecule has 1 aromatic rings. The molecule has 1 atom stereocenters. The van der Waals surface area contributed by atoms with Crippen molar-refractivity contribution in [3.05, 3.63) is 24.2 Å². The number of hydrogen-bond donors (Lipinski definition) is 1. The summed E-state index contributed by atoms with van der Waals surface area (Å²) < 4.78 is 28.7. The van der Waals surface area contributed by atoms with Gasteiger partial charge in [-0.3, -0.25) is 0 Å². The Morgan fingerprint density at radius 3 is 2.59 bits per heavy atom. The van der Waals surface area contributed by atoms with E-state index < -0.39 is 9.84 Å². The van der Waals surface area contributed by atoms with Crippen LogP contribution in [0.1, 0.15) is 26.3 Å². The van der Waals surface area contributed by atoms with Gasteiger partial charge in [0, 0.05) is 18.7 Å². The van der Waals surface area contributed by atoms with Crippen LogP contribution in [0.2, 0.25) is 0 Å². The second-order valence-electron chi connectivity index (χ2n) is 4.62. The Hall–Kier alpha value is -0.810. The van der Waals surface area contributed by atoms with Crippen molar-refractivity contribution in [2.75, 3.05) is 12.3 Å². The SMILES string of the molecule is CC(C)C(C)S(=O)(=O)CCNCc1ccoc1. The highest BCUT2D eigenvalue weighted by Gasteiger charge is 2.22. The molecular formula is C12H21NO3S. The van der Waals surface area contributed by atoms with Crippen LogP contribution in [0.15, 0.2) is 23.0 Å². The van der Waals surface area contributed by atoms with Crippen LogP contribution in [0.3, 0.4) is 0 Å². The van der Waals surface area contributed by atoms with Crippen LogP contribution in [0.5, 0.6) is 0 Å². The molecule has 0 fully saturated rings. The van der Waals surface area contributed by atoms with Crippen molar-refractivity contribution in [1.82, 2.24) is 5.32 Å². The minimum absolute atomic E-state index is 0.161. The van der Waals surface area contributed by atoms with E-state index in [0.717, 1.165) is 5.56 Å². The first kappa shape index (κ1) is 14.3. The lowest BCUT2D eigenvalue weighted by molar-refractivity contribution is 0.542. The first-order valence-electron chi connectivity index (χ1n) is 5.87. The van der Waals surface area contributed by atoms with Gasteiger partial charge in [0.15, 0.2) is 9.84 Å². The zero-order valence-corrected chi connectivity index (χ0v) is 11.5. The van der Waals surface area contributed by atoms with Gasteiger partial charge in [0.05, 0.1) is 23.5 Å². The molecule has 98 valence electrons. The molecule has 0 spiro atoms. The van der Waals surface area contributed by atoms with Gasteiger partial charge in [-0.15, -0.1) is 0 Å². The molecule has 1 heterocycles. The molecule has 5 heteroatoms. The summed E-state index contributed by atoms with van der Waals surface area (Å²) in [5, 5.41) is 2.82. The third-order valence-corrected chi connectivity index (χ3v) is 5.43. The minimum atomic E-state index is -2.99. The van der Waals surface area contributed by atoms with Crippen molar-refractivity contribution >= 4 is 9.84 Å². The van der Waals surface area contributed by atoms with Crippen LogP contribution in [0, 0.1) is 5.92 Å². The van der Waals surface area contributed by atoms with E-state index >= 15 is 0 Å². The van der Waals surface area contributed by atoms with Gasteiger partial charge in [-0.05, 0) is 18.9 Å². The first-order valence-corrected chi connectivity index (χ1v) is 7.58. The van der Waals surface area contributed by atoms with Crippen LogP contribution < -0.4 is 5.32 Å². The molecule has 1 aromatic heterocycles. The van der Waals surface area contributed by atoms with Crippen molar-refractivity contribution in [3.8, 4) is 0 Å². The second-order valence-corrected chi connectivity index (χ2v) is 7.10. The third kappa shape index (κ3) is 4.52. The number of nitrogens with one attached hydrogen (secondary N) is 1. The normalized spacial score (nSPS) is 14.1. The molecule has 0 saturated heterocycles. The summed E-state index contributed by atoms with van der Waals surface area (Å²) in [4.78, 5) is 0. The first-order chi connectivity index (χ1) is 7.93. The topological polar surface area (TPSA) is 59.3 Å². The van der Waals surface area contributed by atoms with Crippen LogP contribution in [0.4, 0.5) is 0 Å². The Labute approximate surface area is 103 Å². The molecular weight excluding hydrogens is 238 g/mol. The molecule has 1 unspecified atom stereocenters. The highest BCUT2D eigenvalue weighted by Crippen LogP contribution is 2.11. The predicted molar refractivity (Wildman–Crippen MR) is 68.5 cm³/mol. The van der Waals surface area contributed by atoms with Gasteiger partial charge >= 0.3 is 0 Å². The van der Waals surface area contributed by atoms with E-state index in [4.69, 9.17) is 4.42 Å². The zero-order chi connectivity index (χ0) is 12.9. The van der Waals surface area contributed by atoms with E-state index in [0.29, 0.717) is 13.1 Å². The number of rotatable bonds is 7. The van der Waals surface area contributed by atoms with Gasteiger partial charge in [0.25, 0.3) is 0 Å². The maximum atomic E-state index is 11.9. The van der Waals surface area contributed by atoms with Crippen molar-refractivity contribution in [2.24, 2.45) is 5.92 Å². The quantitative estimate of drug-likeness (QED) is 0.759. The van der Waals surface area contributed by atoms with E-state index in [1.54, 1.807) is 19.5 Å². The Kier molecular flexibility index (Phi) is 5.21. The summed E-state index contributed by atoms with van der Waals surface area (Å²) in [6.07, 6.45) is 3.26. The maximum Gasteiger partial charge on any atom is 0.154 e. The molecule has 1 rings (SSSR count). The van der Waals surface area contributed by atoms with Crippen molar-refractivity contribution in [1.29, 1.82) is 0 Å². The number of sulfone groups is 1. The van der Waals surface area contributed by atoms with E-state index in [1.807, 2.05) is 19.9 Å². The van der Waals surface area contributed by atoms with E-state index in [-0.39, 0.29) is 16.9 Å². The molecule has 0 amide bonds. The lowest BCUT2D eigenvalue weighted by atomic mass is 10.2. The van der Waals surface area contributed by atoms with E-state index in [9.17, 15) is 8.42 Å². The van der Waals surface area contributed by atoms with Crippen LogP contribution in [0.25, 0.3) is 0 Å². The predicted octanol–water partition coefficient (Wildman–Crippen LogP) is 1.83. The average Bonchev–Trinajstić information content (AvgIpc) is 2.76. The van der Waals surface area contributed by atoms with Gasteiger partial charge in [0.2, 0.25) is 0 Å². The van der Waals surface area contributed by atoms with E-state index in [1.165, 1.54) is 0 Å². The Morgan fingerprint density at radius 1 is 1.35 bits per heavy atom. The lowest BCUT2D eigenvalue weighted by Gasteiger charge is -2.16. The Bertz CT molecular complexity index is 409. The van der Waals surface area contributed by atoms with Crippen molar-refractivity contribution in [2.45, 2.75) is 32.6 Å². The summed E-state index contributed by atoms with van der Waals surface area (Å²) in [5.41, 5.74) is 1.03. The van der Waals surface area contributed by atoms with Crippen LogP contribution in [-0.2, 0) is 16.4 Å². The second kappa shape index (κ2) is 6.21. The van der Waals surface area contributed by atoms with Gasteiger partial charge < -0.3 is 9.73 Å². The molecule has 1 N–H and O–H groups in total. The van der Waals surface area contributed by atoms with Gasteiger partial charge in [0.1, 0.15) is 0 Å². The molecule has 0 aromatic carbocycles. The van der Waals surface area contributed by atoms with Crippen LogP contribution in [-0.4, -0.2) is 26.0 Å². The fourth-order valence-corrected chi connectivity index (χ4v) is 3.07. The summed E-state index contributed by atoms with van der Waals surface area (Å²) in [7, 11) is -2.99. The highest BCUT2D eigenvalue weighted by atomic mass is 32.2. The highest BCUT2D eigenvalue weighted by molar-refractivity contribution is 7.92. The molecule has 0 aliphatic rings. The minimum Gasteiger partial charge on any atom is -0.472 e. The summed E-state index contributed by atoms with van der Waals surface area (Å²) in [5.74, 6) is 0.346. The van der Waals surface area contributed by atoms with Gasteiger partial charge in [-0.2, -0.15) is 0 Å². The fourth-order valence-electron chi connectivity index (χ4n) is 1.44. The average molecular weight is 259 g/mol. The Balaban J connectivity index is 2.31. The van der Waals surface area contributed by atoms with Crippen LogP contribution >= 0.6 is 0 Å². The maximum absolute atomic E-state index is 11.9. The summed E-state index contributed by atoms with van der Waals surface area (Å²) in [6, 6.07) is 1.86. The van der Waals surface area contributed by atoms with E-state index in [2.05, 4.69) is 5.32 Å². The summed E-state index contributed by atoms with van der Waals surface area (Å²) >= 11 is 0. The van der Waals surface area contributed by atoms with Gasteiger partial charge in [-0.1, -0.05) is 13.8 Å². The monoisotopic (exact) mass is 259 g/mol. The zero-order valence-electron chi connectivity index (χ0n) is 10.6. The molecule has 0 radical (unpaired) electrons.